The SMILES string of the molecule is CC(C)[C@H](NC(=O)CCCCCN1C(=O)C=CC1=O)C(=O)N[C@@H](CCCNC(N)=O)C(=O)N(CCCNCCN1C(=O)c2cccc3cc([N+](=O)[O-])cc(c23)C1=O)CCN1C(=O)c2cccc3cc([N+](=O)[O-])cc(c23)C1=O. The number of carbonyl (C=O) groups is 10. The molecule has 25 heteroatoms. The highest BCUT2D eigenvalue weighted by Crippen LogP contribution is 2.35. The summed E-state index contributed by atoms with van der Waals surface area (Å²) in [5.41, 5.74) is 4.84. The van der Waals surface area contributed by atoms with Crippen LogP contribution in [-0.2, 0) is 24.0 Å². The van der Waals surface area contributed by atoms with E-state index in [-0.39, 0.29) is 111 Å². The van der Waals surface area contributed by atoms with E-state index >= 15 is 0 Å². The van der Waals surface area contributed by atoms with Crippen LogP contribution in [-0.4, -0.2) is 153 Å². The fourth-order valence-electron chi connectivity index (χ4n) is 9.59. The third-order valence-electron chi connectivity index (χ3n) is 13.5. The van der Waals surface area contributed by atoms with Crippen molar-refractivity contribution in [1.82, 2.24) is 40.9 Å². The van der Waals surface area contributed by atoms with Crippen molar-refractivity contribution in [1.29, 1.82) is 0 Å². The van der Waals surface area contributed by atoms with Crippen molar-refractivity contribution in [3.05, 3.63) is 115 Å². The molecule has 0 saturated heterocycles. The molecule has 0 bridgehead atoms. The Bertz CT molecular complexity index is 3120. The fraction of sp³-hybridized carbons (Fsp3) is 0.385. The zero-order valence-corrected chi connectivity index (χ0v) is 42.2. The summed E-state index contributed by atoms with van der Waals surface area (Å²) < 4.78 is 0. The van der Waals surface area contributed by atoms with Gasteiger partial charge in [-0.05, 0) is 67.5 Å². The molecule has 404 valence electrons. The van der Waals surface area contributed by atoms with Gasteiger partial charge in [0.1, 0.15) is 12.1 Å². The predicted molar refractivity (Wildman–Crippen MR) is 276 cm³/mol. The van der Waals surface area contributed by atoms with Gasteiger partial charge in [-0.1, -0.05) is 44.5 Å². The number of amides is 11. The summed E-state index contributed by atoms with van der Waals surface area (Å²) in [5, 5.41) is 35.9. The number of hydrogen-bond acceptors (Lipinski definition) is 15. The number of unbranched alkanes of at least 4 members (excludes halogenated alkanes) is 2. The maximum atomic E-state index is 14.9. The molecule has 0 spiro atoms. The Morgan fingerprint density at radius 3 is 1.73 bits per heavy atom. The van der Waals surface area contributed by atoms with E-state index in [0.29, 0.717) is 35.4 Å². The number of benzene rings is 4. The molecule has 0 unspecified atom stereocenters. The van der Waals surface area contributed by atoms with Gasteiger partial charge in [0.15, 0.2) is 0 Å². The van der Waals surface area contributed by atoms with Crippen molar-refractivity contribution in [2.24, 2.45) is 11.7 Å². The lowest BCUT2D eigenvalue weighted by molar-refractivity contribution is -0.384. The molecular weight excluding hydrogens is 1000 g/mol. The van der Waals surface area contributed by atoms with Crippen LogP contribution < -0.4 is 27.0 Å². The molecule has 77 heavy (non-hydrogen) atoms. The van der Waals surface area contributed by atoms with Crippen LogP contribution in [0.2, 0.25) is 0 Å². The molecule has 0 fully saturated rings. The molecule has 6 N–H and O–H groups in total. The van der Waals surface area contributed by atoms with Crippen LogP contribution in [0, 0.1) is 26.1 Å². The summed E-state index contributed by atoms with van der Waals surface area (Å²) in [6.45, 7) is 2.93. The lowest BCUT2D eigenvalue weighted by Crippen LogP contribution is -2.57. The van der Waals surface area contributed by atoms with Crippen molar-refractivity contribution >= 4 is 92.1 Å². The third kappa shape index (κ3) is 12.8. The second kappa shape index (κ2) is 24.6. The number of nitro groups is 2. The highest BCUT2D eigenvalue weighted by atomic mass is 16.6. The highest BCUT2D eigenvalue weighted by molar-refractivity contribution is 6.27. The first-order valence-electron chi connectivity index (χ1n) is 25.1. The Morgan fingerprint density at radius 1 is 0.623 bits per heavy atom. The molecule has 0 aromatic heterocycles. The van der Waals surface area contributed by atoms with Crippen molar-refractivity contribution in [2.45, 2.75) is 70.9 Å². The highest BCUT2D eigenvalue weighted by Gasteiger charge is 2.37. The minimum absolute atomic E-state index is 0.00730. The second-order valence-corrected chi connectivity index (χ2v) is 19.0. The number of carbonyl (C=O) groups excluding carboxylic acids is 10. The first kappa shape index (κ1) is 55.7. The van der Waals surface area contributed by atoms with Crippen LogP contribution in [0.25, 0.3) is 21.5 Å². The third-order valence-corrected chi connectivity index (χ3v) is 13.5. The number of rotatable bonds is 27. The van der Waals surface area contributed by atoms with E-state index in [1.807, 2.05) is 0 Å². The predicted octanol–water partition coefficient (Wildman–Crippen LogP) is 3.07. The number of nitro benzene ring substituents is 2. The van der Waals surface area contributed by atoms with Gasteiger partial charge in [0.25, 0.3) is 46.8 Å². The molecule has 7 rings (SSSR count). The lowest BCUT2D eigenvalue weighted by atomic mass is 9.93. The molecule has 3 heterocycles. The Morgan fingerprint density at radius 2 is 1.18 bits per heavy atom. The van der Waals surface area contributed by atoms with Gasteiger partial charge in [-0.25, -0.2) is 4.79 Å². The Hall–Kier alpha value is -9.00. The number of nitrogens with one attached hydrogen (secondary N) is 4. The number of urea groups is 1. The van der Waals surface area contributed by atoms with Crippen molar-refractivity contribution in [3.63, 3.8) is 0 Å². The second-order valence-electron chi connectivity index (χ2n) is 19.0. The zero-order chi connectivity index (χ0) is 55.7. The van der Waals surface area contributed by atoms with E-state index in [4.69, 9.17) is 5.73 Å². The smallest absolute Gasteiger partial charge is 0.312 e. The molecule has 4 aromatic carbocycles. The first-order valence-corrected chi connectivity index (χ1v) is 25.1. The van der Waals surface area contributed by atoms with E-state index in [9.17, 15) is 68.2 Å². The van der Waals surface area contributed by atoms with Crippen molar-refractivity contribution in [3.8, 4) is 0 Å². The summed E-state index contributed by atoms with van der Waals surface area (Å²) >= 11 is 0. The van der Waals surface area contributed by atoms with Crippen LogP contribution in [0.15, 0.2) is 72.8 Å². The number of imide groups is 3. The summed E-state index contributed by atoms with van der Waals surface area (Å²) in [4.78, 5) is 159. The van der Waals surface area contributed by atoms with Crippen LogP contribution in [0.3, 0.4) is 0 Å². The monoisotopic (exact) mass is 1060 g/mol. The average Bonchev–Trinajstić information content (AvgIpc) is 3.72. The van der Waals surface area contributed by atoms with Gasteiger partial charge in [0.05, 0.1) is 21.0 Å². The van der Waals surface area contributed by atoms with Crippen LogP contribution >= 0.6 is 0 Å². The van der Waals surface area contributed by atoms with E-state index in [1.165, 1.54) is 47.4 Å². The molecule has 2 atom stereocenters. The normalized spacial score (nSPS) is 14.7. The van der Waals surface area contributed by atoms with Crippen LogP contribution in [0.5, 0.6) is 0 Å². The minimum Gasteiger partial charge on any atom is -0.352 e. The lowest BCUT2D eigenvalue weighted by Gasteiger charge is -2.33. The van der Waals surface area contributed by atoms with Gasteiger partial charge in [-0.3, -0.25) is 78.1 Å². The van der Waals surface area contributed by atoms with Gasteiger partial charge in [-0.15, -0.1) is 0 Å². The number of hydrogen-bond donors (Lipinski definition) is 5. The number of nitrogens with zero attached hydrogens (tertiary/aromatic N) is 6. The van der Waals surface area contributed by atoms with E-state index in [2.05, 4.69) is 21.3 Å². The fourth-order valence-corrected chi connectivity index (χ4v) is 9.59. The van der Waals surface area contributed by atoms with Gasteiger partial charge in [0.2, 0.25) is 17.7 Å². The van der Waals surface area contributed by atoms with Crippen LogP contribution in [0.1, 0.15) is 100 Å². The van der Waals surface area contributed by atoms with E-state index < -0.39 is 93.6 Å². The molecule has 4 aromatic rings. The standard InChI is InChI=1S/C52H57N11O14/c1-30(2)45(57-40(64)15-4-3-5-22-59-41(65)16-17-42(59)66)46(67)56-39(14-8-19-55-52(53)73)51(72)58(24-25-61-48(69)36-13-7-11-32-27-34(63(76)77)29-38(44(32)36)50(61)71)21-9-18-54-20-23-60-47(68)35-12-6-10-31-26-33(62(74)75)28-37(43(31)35)49(60)70/h6-7,10-13,16-17,26-30,39,45,54H,3-5,8-9,14-15,18-25H2,1-2H3,(H,56,67)(H,57,64)(H3,53,55,73)/t39-,45-/m0/s1. The Kier molecular flexibility index (Phi) is 17.8. The van der Waals surface area contributed by atoms with Gasteiger partial charge in [0, 0.05) is 111 Å². The molecule has 0 radical (unpaired) electrons. The van der Waals surface area contributed by atoms with Crippen molar-refractivity contribution in [2.75, 3.05) is 52.4 Å². The molecule has 3 aliphatic heterocycles. The zero-order valence-electron chi connectivity index (χ0n) is 42.2. The summed E-state index contributed by atoms with van der Waals surface area (Å²) in [5.74, 6) is -5.98. The number of primary amides is 1. The summed E-state index contributed by atoms with van der Waals surface area (Å²) in [6.07, 6.45) is 3.98. The maximum absolute atomic E-state index is 14.9. The molecule has 11 amide bonds. The molecule has 25 nitrogen and oxygen atoms in total. The number of nitrogens with two attached hydrogens (primary N) is 1. The van der Waals surface area contributed by atoms with Crippen LogP contribution in [0.4, 0.5) is 16.2 Å². The Labute approximate surface area is 439 Å². The maximum Gasteiger partial charge on any atom is 0.312 e. The van der Waals surface area contributed by atoms with Gasteiger partial charge < -0.3 is 31.9 Å². The summed E-state index contributed by atoms with van der Waals surface area (Å²) in [7, 11) is 0. The van der Waals surface area contributed by atoms with E-state index in [0.717, 1.165) is 26.8 Å². The molecule has 0 aliphatic carbocycles. The first-order chi connectivity index (χ1) is 36.8. The topological polar surface area (TPSA) is 344 Å². The minimum atomic E-state index is -1.31. The molecular formula is C52H57N11O14. The molecule has 0 saturated carbocycles. The van der Waals surface area contributed by atoms with Gasteiger partial charge in [-0.2, -0.15) is 0 Å². The van der Waals surface area contributed by atoms with E-state index in [1.54, 1.807) is 32.0 Å². The molecule has 3 aliphatic rings. The summed E-state index contributed by atoms with van der Waals surface area (Å²) in [6, 6.07) is 10.7. The van der Waals surface area contributed by atoms with Gasteiger partial charge >= 0.3 is 6.03 Å². The quantitative estimate of drug-likeness (QED) is 0.0248. The average molecular weight is 1060 g/mol. The van der Waals surface area contributed by atoms with Crippen molar-refractivity contribution < 1.29 is 57.8 Å². The number of non-ortho nitro benzene ring substituents is 2. The Balaban J connectivity index is 1.05. The largest absolute Gasteiger partial charge is 0.352 e.